The van der Waals surface area contributed by atoms with Crippen LogP contribution in [0.1, 0.15) is 29.8 Å². The zero-order valence-corrected chi connectivity index (χ0v) is 24.9. The fourth-order valence-electron chi connectivity index (χ4n) is 4.60. The Labute approximate surface area is 245 Å². The number of amides is 1. The normalized spacial score (nSPS) is 15.3. The van der Waals surface area contributed by atoms with Crippen LogP contribution < -0.4 is 15.2 Å². The Hall–Kier alpha value is -3.81. The summed E-state index contributed by atoms with van der Waals surface area (Å²) >= 11 is 0. The number of Topliss-reactive ketones (excluding diaryl/α,β-unsaturated/α-hetero) is 1. The molecule has 1 aliphatic rings. The van der Waals surface area contributed by atoms with Crippen molar-refractivity contribution < 1.29 is 35.9 Å². The summed E-state index contributed by atoms with van der Waals surface area (Å²) in [6.07, 6.45) is 1.72. The van der Waals surface area contributed by atoms with Gasteiger partial charge in [-0.25, -0.2) is 21.1 Å². The van der Waals surface area contributed by atoms with E-state index in [-0.39, 0.29) is 22.8 Å². The minimum absolute atomic E-state index is 0.111. The van der Waals surface area contributed by atoms with Crippen LogP contribution in [0.4, 0.5) is 0 Å². The molecule has 4 rings (SSSR count). The number of ketones is 1. The van der Waals surface area contributed by atoms with Crippen LogP contribution in [0, 0.1) is 11.8 Å². The third kappa shape index (κ3) is 7.33. The van der Waals surface area contributed by atoms with Crippen molar-refractivity contribution in [1.82, 2.24) is 9.29 Å². The van der Waals surface area contributed by atoms with Crippen LogP contribution >= 0.6 is 0 Å². The minimum Gasteiger partial charge on any atom is -0.486 e. The summed E-state index contributed by atoms with van der Waals surface area (Å²) in [6.45, 7) is 3.54. The molecule has 0 saturated heterocycles. The molecule has 11 nitrogen and oxygen atoms in total. The lowest BCUT2D eigenvalue weighted by Crippen LogP contribution is -2.55. The van der Waals surface area contributed by atoms with Crippen LogP contribution in [0.15, 0.2) is 78.0 Å². The third-order valence-electron chi connectivity index (χ3n) is 6.80. The van der Waals surface area contributed by atoms with Crippen molar-refractivity contribution in [1.29, 1.82) is 0 Å². The predicted molar refractivity (Wildman–Crippen MR) is 155 cm³/mol. The van der Waals surface area contributed by atoms with Crippen molar-refractivity contribution in [2.75, 3.05) is 24.7 Å². The van der Waals surface area contributed by atoms with Crippen LogP contribution in [-0.4, -0.2) is 68.7 Å². The number of nitrogens with two attached hydrogens (primary N) is 1. The smallest absolute Gasteiger partial charge is 0.268 e. The highest BCUT2D eigenvalue weighted by Crippen LogP contribution is 2.34. The standard InChI is InChI=1S/C29H33N3O8S2/c1-20(15-22-7-4-3-5-8-22)28(30)32(42(37,38)24-10-11-26-27(16-24)40-14-13-39-26)29(34)21(2)18-41(35,36)19-25(33)23-9-6-12-31-17-23/h3-12,16-17,20-21,28H,13-15,18-19,30H2,1-2H3/t20-,21?,28-/m0/s1. The van der Waals surface area contributed by atoms with Gasteiger partial charge in [0.05, 0.1) is 22.7 Å². The van der Waals surface area contributed by atoms with E-state index in [0.717, 1.165) is 5.56 Å². The molecule has 1 amide bonds. The number of hydrogen-bond acceptors (Lipinski definition) is 10. The highest BCUT2D eigenvalue weighted by molar-refractivity contribution is 7.92. The maximum absolute atomic E-state index is 14.0. The number of hydrogen-bond donors (Lipinski definition) is 1. The van der Waals surface area contributed by atoms with Gasteiger partial charge in [-0.15, -0.1) is 0 Å². The summed E-state index contributed by atoms with van der Waals surface area (Å²) in [5, 5.41) is 0. The largest absolute Gasteiger partial charge is 0.486 e. The molecule has 1 aromatic heterocycles. The number of nitrogens with zero attached hydrogens (tertiary/aromatic N) is 2. The molecule has 2 aromatic carbocycles. The van der Waals surface area contributed by atoms with Gasteiger partial charge in [0.1, 0.15) is 19.0 Å². The monoisotopic (exact) mass is 615 g/mol. The molecule has 2 N–H and O–H groups in total. The summed E-state index contributed by atoms with van der Waals surface area (Å²) in [5.74, 6) is -4.63. The lowest BCUT2D eigenvalue weighted by molar-refractivity contribution is -0.131. The number of carbonyl (C=O) groups excluding carboxylic acids is 2. The van der Waals surface area contributed by atoms with Gasteiger partial charge < -0.3 is 15.2 Å². The molecule has 0 radical (unpaired) electrons. The van der Waals surface area contributed by atoms with E-state index in [4.69, 9.17) is 15.2 Å². The van der Waals surface area contributed by atoms with Gasteiger partial charge in [-0.1, -0.05) is 44.2 Å². The van der Waals surface area contributed by atoms with Gasteiger partial charge >= 0.3 is 0 Å². The Morgan fingerprint density at radius 1 is 0.952 bits per heavy atom. The van der Waals surface area contributed by atoms with Crippen LogP contribution in [0.3, 0.4) is 0 Å². The maximum Gasteiger partial charge on any atom is 0.268 e. The van der Waals surface area contributed by atoms with Crippen molar-refractivity contribution >= 4 is 31.6 Å². The van der Waals surface area contributed by atoms with E-state index in [1.165, 1.54) is 49.6 Å². The SMILES string of the molecule is CC(CS(=O)(=O)CC(=O)c1cccnc1)C(=O)N([C@H](N)[C@@H](C)Cc1ccccc1)S(=O)(=O)c1ccc2c(c1)OCCO2. The van der Waals surface area contributed by atoms with Crippen LogP contribution in [-0.2, 0) is 31.1 Å². The van der Waals surface area contributed by atoms with Crippen LogP contribution in [0.2, 0.25) is 0 Å². The van der Waals surface area contributed by atoms with Crippen molar-refractivity contribution in [3.63, 3.8) is 0 Å². The van der Waals surface area contributed by atoms with Gasteiger partial charge in [-0.05, 0) is 42.2 Å². The summed E-state index contributed by atoms with van der Waals surface area (Å²) in [6, 6.07) is 16.2. The van der Waals surface area contributed by atoms with E-state index in [1.54, 1.807) is 6.92 Å². The number of fused-ring (bicyclic) bond motifs is 1. The van der Waals surface area contributed by atoms with Gasteiger partial charge in [0, 0.05) is 24.0 Å². The van der Waals surface area contributed by atoms with Crippen LogP contribution in [0.25, 0.3) is 0 Å². The van der Waals surface area contributed by atoms with Gasteiger partial charge in [0.15, 0.2) is 27.1 Å². The maximum atomic E-state index is 14.0. The van der Waals surface area contributed by atoms with E-state index in [2.05, 4.69) is 4.98 Å². The minimum atomic E-state index is -4.58. The van der Waals surface area contributed by atoms with Crippen molar-refractivity contribution in [2.24, 2.45) is 17.6 Å². The highest BCUT2D eigenvalue weighted by atomic mass is 32.2. The first-order valence-electron chi connectivity index (χ1n) is 13.3. The van der Waals surface area contributed by atoms with Gasteiger partial charge in [0.25, 0.3) is 10.0 Å². The van der Waals surface area contributed by atoms with E-state index >= 15 is 0 Å². The Kier molecular flexibility index (Phi) is 9.64. The average molecular weight is 616 g/mol. The van der Waals surface area contributed by atoms with Crippen LogP contribution in [0.5, 0.6) is 11.5 Å². The topological polar surface area (TPSA) is 163 Å². The Bertz CT molecular complexity index is 1630. The second-order valence-corrected chi connectivity index (χ2v) is 14.1. The average Bonchev–Trinajstić information content (AvgIpc) is 2.97. The molecule has 42 heavy (non-hydrogen) atoms. The molecule has 0 spiro atoms. The highest BCUT2D eigenvalue weighted by Gasteiger charge is 2.40. The number of benzene rings is 2. The zero-order valence-electron chi connectivity index (χ0n) is 23.3. The number of aromatic nitrogens is 1. The first kappa shape index (κ1) is 31.1. The van der Waals surface area contributed by atoms with Crippen molar-refractivity contribution in [2.45, 2.75) is 31.3 Å². The molecule has 0 saturated carbocycles. The van der Waals surface area contributed by atoms with Gasteiger partial charge in [-0.3, -0.25) is 14.6 Å². The molecule has 1 aliphatic heterocycles. The first-order valence-corrected chi connectivity index (χ1v) is 16.6. The molecule has 3 aromatic rings. The molecule has 0 fully saturated rings. The Morgan fingerprint density at radius 2 is 1.64 bits per heavy atom. The Balaban J connectivity index is 1.63. The number of sulfone groups is 1. The van der Waals surface area contributed by atoms with E-state index in [9.17, 15) is 26.4 Å². The van der Waals surface area contributed by atoms with E-state index < -0.39 is 61.1 Å². The van der Waals surface area contributed by atoms with Gasteiger partial charge in [-0.2, -0.15) is 0 Å². The molecule has 1 unspecified atom stereocenters. The Morgan fingerprint density at radius 3 is 2.31 bits per heavy atom. The first-order chi connectivity index (χ1) is 19.9. The number of pyridine rings is 1. The molecular weight excluding hydrogens is 582 g/mol. The van der Waals surface area contributed by atoms with E-state index in [0.29, 0.717) is 23.1 Å². The third-order valence-corrected chi connectivity index (χ3v) is 10.3. The predicted octanol–water partition coefficient (Wildman–Crippen LogP) is 2.47. The molecule has 224 valence electrons. The summed E-state index contributed by atoms with van der Waals surface area (Å²) < 4.78 is 65.5. The number of rotatable bonds is 12. The zero-order chi connectivity index (χ0) is 30.5. The summed E-state index contributed by atoms with van der Waals surface area (Å²) in [5.41, 5.74) is 7.48. The molecular formula is C29H33N3O8S2. The quantitative estimate of drug-likeness (QED) is 0.237. The summed E-state index contributed by atoms with van der Waals surface area (Å²) in [7, 11) is -8.70. The second-order valence-electron chi connectivity index (χ2n) is 10.2. The van der Waals surface area contributed by atoms with E-state index in [1.807, 2.05) is 30.3 Å². The van der Waals surface area contributed by atoms with Crippen molar-refractivity contribution in [3.05, 3.63) is 84.2 Å². The lowest BCUT2D eigenvalue weighted by Gasteiger charge is -2.34. The number of carbonyl (C=O) groups is 2. The molecule has 2 heterocycles. The number of ether oxygens (including phenoxy) is 2. The molecule has 0 bridgehead atoms. The summed E-state index contributed by atoms with van der Waals surface area (Å²) in [4.78, 5) is 29.9. The number of sulfonamides is 1. The van der Waals surface area contributed by atoms with Gasteiger partial charge in [0.2, 0.25) is 5.91 Å². The molecule has 3 atom stereocenters. The fraction of sp³-hybridized carbons (Fsp3) is 0.345. The lowest BCUT2D eigenvalue weighted by atomic mass is 9.98. The molecule has 0 aliphatic carbocycles. The van der Waals surface area contributed by atoms with Crippen molar-refractivity contribution in [3.8, 4) is 11.5 Å². The fourth-order valence-corrected chi connectivity index (χ4v) is 7.86. The second kappa shape index (κ2) is 13.0. The molecule has 13 heteroatoms.